The maximum Gasteiger partial charge on any atom is 0.327 e. The number of benzene rings is 1. The molecule has 1 unspecified atom stereocenters. The minimum atomic E-state index is -1.60. The third-order valence-corrected chi connectivity index (χ3v) is 4.42. The van der Waals surface area contributed by atoms with Gasteiger partial charge in [0.05, 0.1) is 11.3 Å². The molecule has 1 aromatic rings. The fourth-order valence-corrected chi connectivity index (χ4v) is 3.34. The molecule has 2 rings (SSSR count). The molecule has 1 fully saturated rings. The SMILES string of the molecule is O=C(O)CC(C(=O)O)N1C(=O)/C(=C\c2ccc(O)c(O)c2)SC1=S. The number of carbonyl (C=O) groups excluding carboxylic acids is 1. The van der Waals surface area contributed by atoms with Crippen molar-refractivity contribution in [2.45, 2.75) is 12.5 Å². The van der Waals surface area contributed by atoms with E-state index in [1.165, 1.54) is 24.3 Å². The highest BCUT2D eigenvalue weighted by Gasteiger charge is 2.41. The number of carboxylic acid groups (broad SMARTS) is 2. The second-order valence-electron chi connectivity index (χ2n) is 4.75. The number of phenolic OH excluding ortho intramolecular Hbond substituents is 2. The van der Waals surface area contributed by atoms with Gasteiger partial charge in [-0.15, -0.1) is 0 Å². The summed E-state index contributed by atoms with van der Waals surface area (Å²) in [4.78, 5) is 35.3. The highest BCUT2D eigenvalue weighted by molar-refractivity contribution is 8.26. The van der Waals surface area contributed by atoms with Crippen LogP contribution in [0.1, 0.15) is 12.0 Å². The molecular weight excluding hydrogens is 358 g/mol. The molecule has 0 spiro atoms. The topological polar surface area (TPSA) is 135 Å². The Kier molecular flexibility index (Phi) is 5.10. The fraction of sp³-hybridized carbons (Fsp3) is 0.143. The zero-order chi connectivity index (χ0) is 18.0. The number of thioether (sulfide) groups is 1. The van der Waals surface area contributed by atoms with Gasteiger partial charge < -0.3 is 20.4 Å². The van der Waals surface area contributed by atoms with Crippen molar-refractivity contribution in [3.05, 3.63) is 28.7 Å². The maximum absolute atomic E-state index is 12.4. The van der Waals surface area contributed by atoms with Crippen LogP contribution in [0, 0.1) is 0 Å². The van der Waals surface area contributed by atoms with E-state index in [0.29, 0.717) is 5.56 Å². The van der Waals surface area contributed by atoms with E-state index in [2.05, 4.69) is 0 Å². The van der Waals surface area contributed by atoms with Gasteiger partial charge in [-0.2, -0.15) is 0 Å². The molecule has 1 atom stereocenters. The van der Waals surface area contributed by atoms with Gasteiger partial charge in [-0.25, -0.2) is 4.79 Å². The molecule has 0 bridgehead atoms. The molecule has 0 aliphatic carbocycles. The van der Waals surface area contributed by atoms with Gasteiger partial charge in [-0.05, 0) is 23.8 Å². The van der Waals surface area contributed by atoms with Crippen LogP contribution in [0.25, 0.3) is 6.08 Å². The van der Waals surface area contributed by atoms with E-state index in [4.69, 9.17) is 22.4 Å². The van der Waals surface area contributed by atoms with E-state index in [9.17, 15) is 24.6 Å². The first kappa shape index (κ1) is 17.8. The third kappa shape index (κ3) is 3.66. The van der Waals surface area contributed by atoms with Crippen molar-refractivity contribution in [1.29, 1.82) is 0 Å². The molecule has 8 nitrogen and oxygen atoms in total. The molecule has 0 saturated carbocycles. The summed E-state index contributed by atoms with van der Waals surface area (Å²) in [5.74, 6) is -4.28. The predicted molar refractivity (Wildman–Crippen MR) is 88.5 cm³/mol. The average molecular weight is 369 g/mol. The number of hydrogen-bond acceptors (Lipinski definition) is 7. The summed E-state index contributed by atoms with van der Waals surface area (Å²) in [6.07, 6.45) is 0.577. The third-order valence-electron chi connectivity index (χ3n) is 3.09. The molecule has 1 aliphatic rings. The quantitative estimate of drug-likeness (QED) is 0.343. The van der Waals surface area contributed by atoms with E-state index < -0.39 is 30.3 Å². The van der Waals surface area contributed by atoms with Crippen LogP contribution in [0.15, 0.2) is 23.1 Å². The van der Waals surface area contributed by atoms with Crippen molar-refractivity contribution in [2.24, 2.45) is 0 Å². The lowest BCUT2D eigenvalue weighted by molar-refractivity contribution is -0.150. The number of carbonyl (C=O) groups is 3. The minimum Gasteiger partial charge on any atom is -0.504 e. The first-order chi connectivity index (χ1) is 11.2. The van der Waals surface area contributed by atoms with Crippen LogP contribution in [-0.2, 0) is 14.4 Å². The Balaban J connectivity index is 2.33. The number of thiocarbonyl (C=S) groups is 1. The average Bonchev–Trinajstić information content (AvgIpc) is 2.75. The summed E-state index contributed by atoms with van der Waals surface area (Å²) in [6, 6.07) is 2.28. The van der Waals surface area contributed by atoms with Crippen LogP contribution in [0.4, 0.5) is 0 Å². The summed E-state index contributed by atoms with van der Waals surface area (Å²) in [7, 11) is 0. The molecule has 4 N–H and O–H groups in total. The Morgan fingerprint density at radius 2 is 1.92 bits per heavy atom. The second kappa shape index (κ2) is 6.89. The molecule has 0 aromatic heterocycles. The van der Waals surface area contributed by atoms with Gasteiger partial charge in [0.25, 0.3) is 5.91 Å². The fourth-order valence-electron chi connectivity index (χ4n) is 1.98. The van der Waals surface area contributed by atoms with Crippen molar-refractivity contribution >= 4 is 52.2 Å². The highest BCUT2D eigenvalue weighted by Crippen LogP contribution is 2.35. The van der Waals surface area contributed by atoms with Gasteiger partial charge in [-0.3, -0.25) is 14.5 Å². The lowest BCUT2D eigenvalue weighted by Crippen LogP contribution is -2.45. The molecule has 0 radical (unpaired) electrons. The van der Waals surface area contributed by atoms with E-state index in [1.54, 1.807) is 0 Å². The van der Waals surface area contributed by atoms with Crippen LogP contribution in [0.3, 0.4) is 0 Å². The van der Waals surface area contributed by atoms with E-state index in [-0.39, 0.29) is 20.7 Å². The van der Waals surface area contributed by atoms with Gasteiger partial charge in [0.15, 0.2) is 11.5 Å². The smallest absolute Gasteiger partial charge is 0.327 e. The van der Waals surface area contributed by atoms with Crippen LogP contribution in [-0.4, -0.2) is 53.5 Å². The Morgan fingerprint density at radius 3 is 2.46 bits per heavy atom. The lowest BCUT2D eigenvalue weighted by atomic mass is 10.1. The van der Waals surface area contributed by atoms with E-state index in [0.717, 1.165) is 16.7 Å². The first-order valence-electron chi connectivity index (χ1n) is 6.44. The molecule has 1 aromatic carbocycles. The van der Waals surface area contributed by atoms with Crippen LogP contribution < -0.4 is 0 Å². The van der Waals surface area contributed by atoms with Gasteiger partial charge in [0.2, 0.25) is 0 Å². The Morgan fingerprint density at radius 1 is 1.25 bits per heavy atom. The van der Waals surface area contributed by atoms with Gasteiger partial charge in [0.1, 0.15) is 10.4 Å². The summed E-state index contributed by atoms with van der Waals surface area (Å²) in [5, 5.41) is 36.7. The van der Waals surface area contributed by atoms with Crippen molar-refractivity contribution in [2.75, 3.05) is 0 Å². The van der Waals surface area contributed by atoms with Crippen LogP contribution in [0.2, 0.25) is 0 Å². The summed E-state index contributed by atoms with van der Waals surface area (Å²) in [6.45, 7) is 0. The molecule has 1 saturated heterocycles. The molecule has 1 aliphatic heterocycles. The standard InChI is InChI=1S/C14H11NO7S2/c16-8-2-1-6(3-9(8)17)4-10-12(20)15(14(23)24-10)7(13(21)22)5-11(18)19/h1-4,7,16-17H,5H2,(H,18,19)(H,21,22)/b10-4+. The number of hydrogen-bond donors (Lipinski definition) is 4. The second-order valence-corrected chi connectivity index (χ2v) is 6.43. The van der Waals surface area contributed by atoms with Gasteiger partial charge in [0, 0.05) is 0 Å². The Labute approximate surface area is 145 Å². The van der Waals surface area contributed by atoms with Crippen LogP contribution >= 0.6 is 24.0 Å². The summed E-state index contributed by atoms with van der Waals surface area (Å²) in [5.41, 5.74) is 0.385. The highest BCUT2D eigenvalue weighted by atomic mass is 32.2. The number of aromatic hydroxyl groups is 2. The maximum atomic E-state index is 12.4. The normalized spacial score (nSPS) is 17.3. The van der Waals surface area contributed by atoms with E-state index in [1.807, 2.05) is 0 Å². The monoisotopic (exact) mass is 369 g/mol. The van der Waals surface area contributed by atoms with Crippen molar-refractivity contribution in [3.63, 3.8) is 0 Å². The lowest BCUT2D eigenvalue weighted by Gasteiger charge is -2.21. The largest absolute Gasteiger partial charge is 0.504 e. The summed E-state index contributed by atoms with van der Waals surface area (Å²) >= 11 is 5.82. The van der Waals surface area contributed by atoms with E-state index >= 15 is 0 Å². The predicted octanol–water partition coefficient (Wildman–Crippen LogP) is 1.23. The zero-order valence-electron chi connectivity index (χ0n) is 11.9. The zero-order valence-corrected chi connectivity index (χ0v) is 13.5. The van der Waals surface area contributed by atoms with Crippen molar-refractivity contribution < 1.29 is 34.8 Å². The Hall–Kier alpha value is -2.59. The number of nitrogens with zero attached hydrogens (tertiary/aromatic N) is 1. The first-order valence-corrected chi connectivity index (χ1v) is 7.67. The number of phenols is 2. The van der Waals surface area contributed by atoms with Gasteiger partial charge >= 0.3 is 11.9 Å². The van der Waals surface area contributed by atoms with Crippen LogP contribution in [0.5, 0.6) is 11.5 Å². The summed E-state index contributed by atoms with van der Waals surface area (Å²) < 4.78 is -0.0668. The molecular formula is C14H11NO7S2. The molecule has 10 heteroatoms. The number of amides is 1. The Bertz CT molecular complexity index is 774. The minimum absolute atomic E-state index is 0.0668. The molecule has 24 heavy (non-hydrogen) atoms. The van der Waals surface area contributed by atoms with Gasteiger partial charge in [-0.1, -0.05) is 30.0 Å². The number of carboxylic acids is 2. The molecule has 1 heterocycles. The van der Waals surface area contributed by atoms with Crippen molar-refractivity contribution in [1.82, 2.24) is 4.90 Å². The number of aliphatic carboxylic acids is 2. The number of rotatable bonds is 5. The molecule has 126 valence electrons. The van der Waals surface area contributed by atoms with Crippen molar-refractivity contribution in [3.8, 4) is 11.5 Å². The molecule has 1 amide bonds.